The Hall–Kier alpha value is -2.51. The maximum atomic E-state index is 12.9. The highest BCUT2D eigenvalue weighted by molar-refractivity contribution is 7.99. The van der Waals surface area contributed by atoms with Crippen molar-refractivity contribution in [1.82, 2.24) is 19.7 Å². The molecule has 32 heavy (non-hydrogen) atoms. The number of aromatic nitrogens is 3. The second kappa shape index (κ2) is 10.9. The van der Waals surface area contributed by atoms with Crippen LogP contribution in [0, 0.1) is 5.92 Å². The molecule has 1 aliphatic carbocycles. The number of nitrogens with zero attached hydrogens (tertiary/aromatic N) is 4. The van der Waals surface area contributed by atoms with E-state index < -0.39 is 0 Å². The Balaban J connectivity index is 1.50. The molecule has 0 spiro atoms. The van der Waals surface area contributed by atoms with E-state index in [1.165, 1.54) is 24.6 Å². The lowest BCUT2D eigenvalue weighted by Crippen LogP contribution is -2.35. The van der Waals surface area contributed by atoms with Crippen LogP contribution >= 0.6 is 23.4 Å². The smallest absolute Gasteiger partial charge is 0.233 e. The number of carbonyl (C=O) groups is 1. The summed E-state index contributed by atoms with van der Waals surface area (Å²) in [6.45, 7) is 4.00. The van der Waals surface area contributed by atoms with E-state index in [-0.39, 0.29) is 12.5 Å². The number of para-hydroxylation sites is 2. The SMILES string of the molecule is CCCN(CC1CC1)C(=O)CSc1nnc(COc2ccccc2Cl)n1-c1ccccc1. The zero-order chi connectivity index (χ0) is 22.3. The van der Waals surface area contributed by atoms with Crippen LogP contribution in [-0.4, -0.2) is 44.4 Å². The van der Waals surface area contributed by atoms with Crippen LogP contribution < -0.4 is 4.74 Å². The third kappa shape index (κ3) is 5.84. The summed E-state index contributed by atoms with van der Waals surface area (Å²) in [6, 6.07) is 17.2. The molecule has 0 bridgehead atoms. The molecule has 4 rings (SSSR count). The predicted octanol–water partition coefficient (Wildman–Crippen LogP) is 5.24. The van der Waals surface area contributed by atoms with Crippen molar-refractivity contribution in [2.24, 2.45) is 5.92 Å². The fourth-order valence-electron chi connectivity index (χ4n) is 3.45. The highest BCUT2D eigenvalue weighted by Gasteiger charge is 2.27. The van der Waals surface area contributed by atoms with Crippen LogP contribution in [0.15, 0.2) is 59.8 Å². The van der Waals surface area contributed by atoms with Gasteiger partial charge >= 0.3 is 0 Å². The monoisotopic (exact) mass is 470 g/mol. The zero-order valence-corrected chi connectivity index (χ0v) is 19.7. The van der Waals surface area contributed by atoms with Gasteiger partial charge in [-0.05, 0) is 49.4 Å². The van der Waals surface area contributed by atoms with Gasteiger partial charge in [-0.25, -0.2) is 0 Å². The molecule has 1 heterocycles. The first-order valence-electron chi connectivity index (χ1n) is 10.9. The van der Waals surface area contributed by atoms with Crippen LogP contribution in [0.1, 0.15) is 32.0 Å². The van der Waals surface area contributed by atoms with E-state index in [9.17, 15) is 4.79 Å². The Kier molecular flexibility index (Phi) is 7.71. The van der Waals surface area contributed by atoms with E-state index >= 15 is 0 Å². The van der Waals surface area contributed by atoms with Gasteiger partial charge in [0.1, 0.15) is 12.4 Å². The third-order valence-corrected chi connectivity index (χ3v) is 6.48. The van der Waals surface area contributed by atoms with Gasteiger partial charge in [0.25, 0.3) is 0 Å². The lowest BCUT2D eigenvalue weighted by atomic mass is 10.3. The maximum Gasteiger partial charge on any atom is 0.233 e. The van der Waals surface area contributed by atoms with Crippen molar-refractivity contribution in [3.05, 3.63) is 65.4 Å². The van der Waals surface area contributed by atoms with Crippen molar-refractivity contribution in [2.75, 3.05) is 18.8 Å². The second-order valence-electron chi connectivity index (χ2n) is 7.86. The molecule has 0 atom stereocenters. The van der Waals surface area contributed by atoms with Crippen LogP contribution in [0.5, 0.6) is 5.75 Å². The summed E-state index contributed by atoms with van der Waals surface area (Å²) in [5.41, 5.74) is 0.925. The summed E-state index contributed by atoms with van der Waals surface area (Å²) >= 11 is 7.63. The van der Waals surface area contributed by atoms with Crippen LogP contribution in [0.4, 0.5) is 0 Å². The van der Waals surface area contributed by atoms with Gasteiger partial charge in [-0.1, -0.05) is 60.6 Å². The number of hydrogen-bond acceptors (Lipinski definition) is 5. The molecule has 6 nitrogen and oxygen atoms in total. The number of halogens is 1. The Morgan fingerprint density at radius 3 is 2.62 bits per heavy atom. The standard InChI is InChI=1S/C24H27ClN4O2S/c1-2-14-28(15-18-12-13-18)23(30)17-32-24-27-26-22(29(24)19-8-4-3-5-9-19)16-31-21-11-7-6-10-20(21)25/h3-11,18H,2,12-17H2,1H3. The summed E-state index contributed by atoms with van der Waals surface area (Å²) in [7, 11) is 0. The normalized spacial score (nSPS) is 13.2. The molecule has 1 fully saturated rings. The van der Waals surface area contributed by atoms with Crippen LogP contribution in [0.2, 0.25) is 5.02 Å². The highest BCUT2D eigenvalue weighted by Crippen LogP contribution is 2.30. The average Bonchev–Trinajstić information content (AvgIpc) is 3.54. The summed E-state index contributed by atoms with van der Waals surface area (Å²) < 4.78 is 7.85. The van der Waals surface area contributed by atoms with Crippen LogP contribution in [0.3, 0.4) is 0 Å². The molecule has 1 amide bonds. The van der Waals surface area contributed by atoms with Gasteiger partial charge in [0.05, 0.1) is 10.8 Å². The molecule has 0 unspecified atom stereocenters. The molecule has 0 saturated heterocycles. The summed E-state index contributed by atoms with van der Waals surface area (Å²) in [4.78, 5) is 14.9. The molecule has 0 N–H and O–H groups in total. The van der Waals surface area contributed by atoms with Gasteiger partial charge in [-0.2, -0.15) is 0 Å². The van der Waals surface area contributed by atoms with Gasteiger partial charge in [0.15, 0.2) is 11.0 Å². The van der Waals surface area contributed by atoms with Crippen molar-refractivity contribution in [1.29, 1.82) is 0 Å². The average molecular weight is 471 g/mol. The minimum absolute atomic E-state index is 0.153. The Bertz CT molecular complexity index is 1040. The van der Waals surface area contributed by atoms with Gasteiger partial charge in [0.2, 0.25) is 5.91 Å². The lowest BCUT2D eigenvalue weighted by Gasteiger charge is -2.21. The first-order valence-corrected chi connectivity index (χ1v) is 12.3. The van der Waals surface area contributed by atoms with Crippen molar-refractivity contribution >= 4 is 29.3 Å². The molecule has 0 radical (unpaired) electrons. The van der Waals surface area contributed by atoms with Gasteiger partial charge < -0.3 is 9.64 Å². The summed E-state index contributed by atoms with van der Waals surface area (Å²) in [6.07, 6.45) is 3.43. The third-order valence-electron chi connectivity index (χ3n) is 5.25. The molecule has 168 valence electrons. The Morgan fingerprint density at radius 1 is 1.16 bits per heavy atom. The van der Waals surface area contributed by atoms with Gasteiger partial charge in [0, 0.05) is 18.8 Å². The molecular weight excluding hydrogens is 444 g/mol. The van der Waals surface area contributed by atoms with E-state index in [1.54, 1.807) is 6.07 Å². The number of amides is 1. The predicted molar refractivity (Wildman–Crippen MR) is 127 cm³/mol. The molecule has 1 saturated carbocycles. The van der Waals surface area contributed by atoms with Crippen molar-refractivity contribution in [3.63, 3.8) is 0 Å². The second-order valence-corrected chi connectivity index (χ2v) is 9.21. The van der Waals surface area contributed by atoms with E-state index in [0.29, 0.717) is 33.4 Å². The first kappa shape index (κ1) is 22.7. The maximum absolute atomic E-state index is 12.9. The highest BCUT2D eigenvalue weighted by atomic mass is 35.5. The molecule has 3 aromatic rings. The molecular formula is C24H27ClN4O2S. The lowest BCUT2D eigenvalue weighted by molar-refractivity contribution is -0.128. The molecule has 8 heteroatoms. The summed E-state index contributed by atoms with van der Waals surface area (Å²) in [5.74, 6) is 2.41. The number of ether oxygens (including phenoxy) is 1. The van der Waals surface area contributed by atoms with E-state index in [0.717, 1.165) is 25.2 Å². The minimum atomic E-state index is 0.153. The first-order chi connectivity index (χ1) is 15.7. The van der Waals surface area contributed by atoms with Gasteiger partial charge in [-0.3, -0.25) is 9.36 Å². The minimum Gasteiger partial charge on any atom is -0.484 e. The van der Waals surface area contributed by atoms with E-state index in [4.69, 9.17) is 16.3 Å². The van der Waals surface area contributed by atoms with Crippen molar-refractivity contribution in [3.8, 4) is 11.4 Å². The van der Waals surface area contributed by atoms with Crippen molar-refractivity contribution in [2.45, 2.75) is 37.9 Å². The topological polar surface area (TPSA) is 60.3 Å². The van der Waals surface area contributed by atoms with Crippen molar-refractivity contribution < 1.29 is 9.53 Å². The molecule has 1 aromatic heterocycles. The number of rotatable bonds is 11. The Labute approximate surface area is 197 Å². The fourth-order valence-corrected chi connectivity index (χ4v) is 4.51. The van der Waals surface area contributed by atoms with Crippen LogP contribution in [0.25, 0.3) is 5.69 Å². The molecule has 0 aliphatic heterocycles. The van der Waals surface area contributed by atoms with Gasteiger partial charge in [-0.15, -0.1) is 10.2 Å². The number of hydrogen-bond donors (Lipinski definition) is 0. The Morgan fingerprint density at radius 2 is 1.91 bits per heavy atom. The van der Waals surface area contributed by atoms with Crippen LogP contribution in [-0.2, 0) is 11.4 Å². The van der Waals surface area contributed by atoms with E-state index in [2.05, 4.69) is 17.1 Å². The molecule has 1 aliphatic rings. The number of carbonyl (C=O) groups excluding carboxylic acids is 1. The number of benzene rings is 2. The number of thioether (sulfide) groups is 1. The molecule has 2 aromatic carbocycles. The fraction of sp³-hybridized carbons (Fsp3) is 0.375. The summed E-state index contributed by atoms with van der Waals surface area (Å²) in [5, 5.41) is 9.94. The quantitative estimate of drug-likeness (QED) is 0.358. The zero-order valence-electron chi connectivity index (χ0n) is 18.1. The van der Waals surface area contributed by atoms with E-state index in [1.807, 2.05) is 58.0 Å². The largest absolute Gasteiger partial charge is 0.484 e.